The predicted molar refractivity (Wildman–Crippen MR) is 118 cm³/mol. The molecule has 2 heterocycles. The number of amides is 2. The average molecular weight is 423 g/mol. The lowest BCUT2D eigenvalue weighted by Gasteiger charge is -2.32. The van der Waals surface area contributed by atoms with Crippen molar-refractivity contribution in [3.8, 4) is 0 Å². The Morgan fingerprint density at radius 2 is 1.80 bits per heavy atom. The molecule has 0 saturated heterocycles. The summed E-state index contributed by atoms with van der Waals surface area (Å²) in [5.74, 6) is 0.464. The van der Waals surface area contributed by atoms with Crippen LogP contribution in [0.3, 0.4) is 0 Å². The molecule has 2 aromatic carbocycles. The van der Waals surface area contributed by atoms with Crippen LogP contribution in [0.15, 0.2) is 71.8 Å². The van der Waals surface area contributed by atoms with E-state index in [-0.39, 0.29) is 10.9 Å². The first-order chi connectivity index (χ1) is 14.4. The Balaban J connectivity index is 1.55. The number of benzene rings is 2. The van der Waals surface area contributed by atoms with Gasteiger partial charge in [-0.25, -0.2) is 18.2 Å². The van der Waals surface area contributed by atoms with Crippen LogP contribution < -0.4 is 15.5 Å². The van der Waals surface area contributed by atoms with Gasteiger partial charge in [-0.3, -0.25) is 0 Å². The predicted octanol–water partition coefficient (Wildman–Crippen LogP) is 3.69. The zero-order valence-corrected chi connectivity index (χ0v) is 17.3. The molecule has 1 aliphatic heterocycles. The molecule has 30 heavy (non-hydrogen) atoms. The minimum absolute atomic E-state index is 0.227. The first kappa shape index (κ1) is 19.9. The van der Waals surface area contributed by atoms with Crippen molar-refractivity contribution in [1.82, 2.24) is 4.98 Å². The highest BCUT2D eigenvalue weighted by Crippen LogP contribution is 2.31. The van der Waals surface area contributed by atoms with E-state index in [1.165, 1.54) is 6.26 Å². The van der Waals surface area contributed by atoms with Gasteiger partial charge in [0.05, 0.1) is 0 Å². The van der Waals surface area contributed by atoms with Gasteiger partial charge in [0.15, 0.2) is 9.84 Å². The number of hydrogen-bond acceptors (Lipinski definition) is 5. The molecule has 0 bridgehead atoms. The fourth-order valence-corrected chi connectivity index (χ4v) is 4.46. The Hall–Kier alpha value is -3.39. The summed E-state index contributed by atoms with van der Waals surface area (Å²) in [6, 6.07) is 17.9. The Morgan fingerprint density at radius 3 is 2.57 bits per heavy atom. The lowest BCUT2D eigenvalue weighted by Crippen LogP contribution is -2.33. The highest BCUT2D eigenvalue weighted by molar-refractivity contribution is 7.90. The number of nitrogens with zero attached hydrogens (tertiary/aromatic N) is 2. The third-order valence-corrected chi connectivity index (χ3v) is 6.11. The van der Waals surface area contributed by atoms with Crippen molar-refractivity contribution in [3.05, 3.63) is 78.0 Å². The van der Waals surface area contributed by atoms with E-state index in [1.54, 1.807) is 18.3 Å². The fraction of sp³-hybridized carbons (Fsp3) is 0.182. The molecule has 0 aliphatic carbocycles. The van der Waals surface area contributed by atoms with Crippen molar-refractivity contribution in [1.29, 1.82) is 0 Å². The molecule has 0 fully saturated rings. The van der Waals surface area contributed by atoms with Crippen molar-refractivity contribution in [3.63, 3.8) is 0 Å². The third kappa shape index (κ3) is 4.28. The second-order valence-corrected chi connectivity index (χ2v) is 9.14. The Kier molecular flexibility index (Phi) is 5.41. The Bertz CT molecular complexity index is 1180. The van der Waals surface area contributed by atoms with E-state index in [9.17, 15) is 13.2 Å². The van der Waals surface area contributed by atoms with Gasteiger partial charge in [0.25, 0.3) is 0 Å². The number of sulfone groups is 1. The van der Waals surface area contributed by atoms with Crippen LogP contribution in [0.4, 0.5) is 22.0 Å². The zero-order valence-electron chi connectivity index (χ0n) is 16.5. The fourth-order valence-electron chi connectivity index (χ4n) is 3.62. The van der Waals surface area contributed by atoms with Crippen LogP contribution >= 0.6 is 0 Å². The summed E-state index contributed by atoms with van der Waals surface area (Å²) in [4.78, 5) is 18.9. The third-order valence-electron chi connectivity index (χ3n) is 5.00. The topological polar surface area (TPSA) is 91.4 Å². The van der Waals surface area contributed by atoms with Gasteiger partial charge in [-0.05, 0) is 47.9 Å². The molecule has 1 aromatic heterocycles. The molecule has 2 N–H and O–H groups in total. The normalized spacial score (nSPS) is 13.4. The largest absolute Gasteiger partial charge is 0.351 e. The molecule has 0 saturated carbocycles. The first-order valence-corrected chi connectivity index (χ1v) is 11.4. The summed E-state index contributed by atoms with van der Waals surface area (Å²) in [5.41, 5.74) is 3.55. The zero-order chi connectivity index (χ0) is 21.1. The molecule has 1 aliphatic rings. The second kappa shape index (κ2) is 8.16. The monoisotopic (exact) mass is 422 g/mol. The average Bonchev–Trinajstić information content (AvgIpc) is 2.73. The maximum Gasteiger partial charge on any atom is 0.323 e. The molecule has 0 unspecified atom stereocenters. The van der Waals surface area contributed by atoms with Crippen molar-refractivity contribution >= 4 is 33.1 Å². The van der Waals surface area contributed by atoms with E-state index in [0.717, 1.165) is 22.5 Å². The lowest BCUT2D eigenvalue weighted by molar-refractivity contribution is 0.262. The van der Waals surface area contributed by atoms with Crippen molar-refractivity contribution in [2.24, 2.45) is 0 Å². The molecule has 0 atom stereocenters. The van der Waals surface area contributed by atoms with Crippen LogP contribution in [-0.2, 0) is 22.8 Å². The van der Waals surface area contributed by atoms with Gasteiger partial charge >= 0.3 is 6.03 Å². The van der Waals surface area contributed by atoms with Crippen molar-refractivity contribution in [2.45, 2.75) is 17.9 Å². The standard InChI is InChI=1S/C22H22N4O3S/c1-30(28,29)20-11-6-13-23-21(20)26-14-12-18-16(15-26)7-5-10-19(18)25-22(27)24-17-8-3-2-4-9-17/h2-11,13H,12,14-15H2,1H3,(H2,24,25,27). The van der Waals surface area contributed by atoms with Crippen LogP contribution in [0, 0.1) is 0 Å². The van der Waals surface area contributed by atoms with Crippen LogP contribution in [0.2, 0.25) is 0 Å². The van der Waals surface area contributed by atoms with Crippen molar-refractivity contribution < 1.29 is 13.2 Å². The minimum Gasteiger partial charge on any atom is -0.351 e. The Labute approximate surface area is 175 Å². The maximum atomic E-state index is 12.4. The molecule has 0 spiro atoms. The number of fused-ring (bicyclic) bond motifs is 1. The highest BCUT2D eigenvalue weighted by atomic mass is 32.2. The molecular formula is C22H22N4O3S. The number of pyridine rings is 1. The first-order valence-electron chi connectivity index (χ1n) is 9.55. The smallest absolute Gasteiger partial charge is 0.323 e. The lowest BCUT2D eigenvalue weighted by atomic mass is 9.97. The van der Waals surface area contributed by atoms with E-state index in [0.29, 0.717) is 25.3 Å². The summed E-state index contributed by atoms with van der Waals surface area (Å²) < 4.78 is 24.3. The van der Waals surface area contributed by atoms with E-state index in [1.807, 2.05) is 53.4 Å². The summed E-state index contributed by atoms with van der Waals surface area (Å²) in [7, 11) is -3.38. The molecule has 4 rings (SSSR count). The van der Waals surface area contributed by atoms with Crippen LogP contribution in [0.1, 0.15) is 11.1 Å². The van der Waals surface area contributed by atoms with Gasteiger partial charge in [0, 0.05) is 36.9 Å². The number of nitrogens with one attached hydrogen (secondary N) is 2. The molecule has 2 amide bonds. The minimum atomic E-state index is -3.38. The number of hydrogen-bond donors (Lipinski definition) is 2. The van der Waals surface area contributed by atoms with Gasteiger partial charge in [-0.1, -0.05) is 30.3 Å². The van der Waals surface area contributed by atoms with E-state index in [4.69, 9.17) is 0 Å². The second-order valence-electron chi connectivity index (χ2n) is 7.16. The number of carbonyl (C=O) groups excluding carboxylic acids is 1. The summed E-state index contributed by atoms with van der Waals surface area (Å²) in [6.45, 7) is 1.12. The number of carbonyl (C=O) groups is 1. The number of aromatic nitrogens is 1. The van der Waals surface area contributed by atoms with Gasteiger partial charge < -0.3 is 15.5 Å². The SMILES string of the molecule is CS(=O)(=O)c1cccnc1N1CCc2c(cccc2NC(=O)Nc2ccccc2)C1. The summed E-state index contributed by atoms with van der Waals surface area (Å²) in [6.07, 6.45) is 3.46. The van der Waals surface area contributed by atoms with Crippen LogP contribution in [0.5, 0.6) is 0 Å². The number of para-hydroxylation sites is 1. The quantitative estimate of drug-likeness (QED) is 0.669. The summed E-state index contributed by atoms with van der Waals surface area (Å²) >= 11 is 0. The van der Waals surface area contributed by atoms with E-state index < -0.39 is 9.84 Å². The number of anilines is 3. The Morgan fingerprint density at radius 1 is 1.00 bits per heavy atom. The summed E-state index contributed by atoms with van der Waals surface area (Å²) in [5, 5.41) is 5.75. The number of rotatable bonds is 4. The highest BCUT2D eigenvalue weighted by Gasteiger charge is 2.24. The van der Waals surface area contributed by atoms with Gasteiger partial charge in [0.2, 0.25) is 0 Å². The number of urea groups is 1. The molecule has 154 valence electrons. The van der Waals surface area contributed by atoms with E-state index >= 15 is 0 Å². The van der Waals surface area contributed by atoms with Crippen molar-refractivity contribution in [2.75, 3.05) is 28.3 Å². The molecule has 0 radical (unpaired) electrons. The maximum absolute atomic E-state index is 12.4. The van der Waals surface area contributed by atoms with Gasteiger partial charge in [-0.15, -0.1) is 0 Å². The van der Waals surface area contributed by atoms with E-state index in [2.05, 4.69) is 15.6 Å². The molecular weight excluding hydrogens is 400 g/mol. The van der Waals surface area contributed by atoms with Crippen LogP contribution in [0.25, 0.3) is 0 Å². The molecule has 8 heteroatoms. The van der Waals surface area contributed by atoms with Gasteiger partial charge in [0.1, 0.15) is 10.7 Å². The molecule has 7 nitrogen and oxygen atoms in total. The van der Waals surface area contributed by atoms with Crippen LogP contribution in [-0.4, -0.2) is 32.2 Å². The van der Waals surface area contributed by atoms with Gasteiger partial charge in [-0.2, -0.15) is 0 Å². The molecule has 3 aromatic rings.